The van der Waals surface area contributed by atoms with Gasteiger partial charge in [0.1, 0.15) is 5.82 Å². The Kier molecular flexibility index (Phi) is 3.88. The van der Waals surface area contributed by atoms with Gasteiger partial charge in [0.05, 0.1) is 12.1 Å². The molecule has 88 valence electrons. The first-order chi connectivity index (χ1) is 7.47. The van der Waals surface area contributed by atoms with Gasteiger partial charge in [-0.25, -0.2) is 9.18 Å². The maximum absolute atomic E-state index is 13.5. The fourth-order valence-electron chi connectivity index (χ4n) is 1.46. The predicted molar refractivity (Wildman–Crippen MR) is 59.6 cm³/mol. The fourth-order valence-corrected chi connectivity index (χ4v) is 1.46. The van der Waals surface area contributed by atoms with E-state index < -0.39 is 11.6 Å². The van der Waals surface area contributed by atoms with Gasteiger partial charge in [0.2, 0.25) is 0 Å². The van der Waals surface area contributed by atoms with E-state index in [0.29, 0.717) is 12.2 Å². The van der Waals surface area contributed by atoms with E-state index in [9.17, 15) is 9.18 Å². The molecule has 0 radical (unpaired) electrons. The van der Waals surface area contributed by atoms with Crippen molar-refractivity contribution in [2.75, 3.05) is 6.61 Å². The second-order valence-electron chi connectivity index (χ2n) is 3.95. The molecule has 1 N–H and O–H groups in total. The molecule has 1 amide bonds. The third-order valence-corrected chi connectivity index (χ3v) is 2.24. The van der Waals surface area contributed by atoms with Crippen molar-refractivity contribution < 1.29 is 13.9 Å². The van der Waals surface area contributed by atoms with Gasteiger partial charge in [-0.15, -0.1) is 0 Å². The molecule has 0 bridgehead atoms. The molecule has 0 fully saturated rings. The van der Waals surface area contributed by atoms with Crippen LogP contribution in [0.25, 0.3) is 0 Å². The lowest BCUT2D eigenvalue weighted by Gasteiger charge is -2.26. The van der Waals surface area contributed by atoms with Gasteiger partial charge >= 0.3 is 6.09 Å². The Morgan fingerprint density at radius 3 is 2.62 bits per heavy atom. The number of rotatable bonds is 3. The van der Waals surface area contributed by atoms with Crippen molar-refractivity contribution in [2.45, 2.75) is 26.3 Å². The van der Waals surface area contributed by atoms with Gasteiger partial charge in [0, 0.05) is 5.56 Å². The third-order valence-electron chi connectivity index (χ3n) is 2.24. The molecule has 0 atom stereocenters. The van der Waals surface area contributed by atoms with Crippen LogP contribution in [-0.4, -0.2) is 12.7 Å². The maximum Gasteiger partial charge on any atom is 0.407 e. The van der Waals surface area contributed by atoms with Gasteiger partial charge in [-0.1, -0.05) is 18.2 Å². The second kappa shape index (κ2) is 4.96. The number of benzene rings is 1. The van der Waals surface area contributed by atoms with Crippen molar-refractivity contribution in [3.05, 3.63) is 35.6 Å². The first-order valence-electron chi connectivity index (χ1n) is 5.17. The Labute approximate surface area is 94.6 Å². The van der Waals surface area contributed by atoms with Crippen molar-refractivity contribution in [1.82, 2.24) is 5.32 Å². The van der Waals surface area contributed by atoms with Gasteiger partial charge in [-0.3, -0.25) is 0 Å². The monoisotopic (exact) mass is 225 g/mol. The minimum Gasteiger partial charge on any atom is -0.450 e. The molecular weight excluding hydrogens is 209 g/mol. The standard InChI is InChI=1S/C12H16FNO2/c1-4-16-11(15)14-12(2,3)9-7-5-6-8-10(9)13/h5-8H,4H2,1-3H3,(H,14,15). The highest BCUT2D eigenvalue weighted by Crippen LogP contribution is 2.22. The molecule has 0 saturated carbocycles. The van der Waals surface area contributed by atoms with Gasteiger partial charge in [-0.2, -0.15) is 0 Å². The van der Waals surface area contributed by atoms with Crippen LogP contribution in [0.15, 0.2) is 24.3 Å². The van der Waals surface area contributed by atoms with E-state index in [1.807, 2.05) is 0 Å². The van der Waals surface area contributed by atoms with Crippen LogP contribution in [0.4, 0.5) is 9.18 Å². The van der Waals surface area contributed by atoms with Gasteiger partial charge in [-0.05, 0) is 26.8 Å². The highest BCUT2D eigenvalue weighted by molar-refractivity contribution is 5.68. The van der Waals surface area contributed by atoms with E-state index in [-0.39, 0.29) is 5.82 Å². The topological polar surface area (TPSA) is 38.3 Å². The third kappa shape index (κ3) is 2.95. The van der Waals surface area contributed by atoms with E-state index in [0.717, 1.165) is 0 Å². The summed E-state index contributed by atoms with van der Waals surface area (Å²) in [5.41, 5.74) is -0.361. The first-order valence-corrected chi connectivity index (χ1v) is 5.17. The molecule has 16 heavy (non-hydrogen) atoms. The van der Waals surface area contributed by atoms with Crippen molar-refractivity contribution in [1.29, 1.82) is 0 Å². The van der Waals surface area contributed by atoms with Crippen molar-refractivity contribution in [3.63, 3.8) is 0 Å². The first kappa shape index (κ1) is 12.5. The van der Waals surface area contributed by atoms with E-state index in [4.69, 9.17) is 4.74 Å². The smallest absolute Gasteiger partial charge is 0.407 e. The minimum atomic E-state index is -0.794. The molecule has 0 aliphatic rings. The number of carbonyl (C=O) groups is 1. The highest BCUT2D eigenvalue weighted by Gasteiger charge is 2.26. The summed E-state index contributed by atoms with van der Waals surface area (Å²) in [4.78, 5) is 11.3. The summed E-state index contributed by atoms with van der Waals surface area (Å²) >= 11 is 0. The zero-order chi connectivity index (χ0) is 12.2. The minimum absolute atomic E-state index is 0.291. The molecule has 1 aromatic rings. The van der Waals surface area contributed by atoms with Gasteiger partial charge < -0.3 is 10.1 Å². The zero-order valence-corrected chi connectivity index (χ0v) is 9.71. The van der Waals surface area contributed by atoms with Crippen LogP contribution in [0.5, 0.6) is 0 Å². The molecule has 0 aliphatic heterocycles. The normalized spacial score (nSPS) is 11.0. The van der Waals surface area contributed by atoms with Crippen LogP contribution in [-0.2, 0) is 10.3 Å². The molecule has 1 aromatic carbocycles. The fraction of sp³-hybridized carbons (Fsp3) is 0.417. The molecule has 0 aromatic heterocycles. The zero-order valence-electron chi connectivity index (χ0n) is 9.71. The Hall–Kier alpha value is -1.58. The summed E-state index contributed by atoms with van der Waals surface area (Å²) in [6.45, 7) is 5.46. The number of alkyl carbamates (subject to hydrolysis) is 1. The number of amides is 1. The SMILES string of the molecule is CCOC(=O)NC(C)(C)c1ccccc1F. The number of nitrogens with one attached hydrogen (secondary N) is 1. The van der Waals surface area contributed by atoms with Crippen LogP contribution < -0.4 is 5.32 Å². The van der Waals surface area contributed by atoms with Crippen LogP contribution in [0.1, 0.15) is 26.3 Å². The van der Waals surface area contributed by atoms with E-state index >= 15 is 0 Å². The van der Waals surface area contributed by atoms with E-state index in [2.05, 4.69) is 5.32 Å². The lowest BCUT2D eigenvalue weighted by Crippen LogP contribution is -2.41. The summed E-state index contributed by atoms with van der Waals surface area (Å²) in [5.74, 6) is -0.343. The Bertz CT molecular complexity index is 377. The van der Waals surface area contributed by atoms with Crippen molar-refractivity contribution in [3.8, 4) is 0 Å². The maximum atomic E-state index is 13.5. The average Bonchev–Trinajstić information content (AvgIpc) is 2.17. The summed E-state index contributed by atoms with van der Waals surface area (Å²) in [7, 11) is 0. The van der Waals surface area contributed by atoms with E-state index in [1.165, 1.54) is 6.07 Å². The van der Waals surface area contributed by atoms with Crippen LogP contribution >= 0.6 is 0 Å². The van der Waals surface area contributed by atoms with Gasteiger partial charge in [0.15, 0.2) is 0 Å². The van der Waals surface area contributed by atoms with Crippen molar-refractivity contribution >= 4 is 6.09 Å². The molecule has 0 saturated heterocycles. The van der Waals surface area contributed by atoms with Gasteiger partial charge in [0.25, 0.3) is 0 Å². The highest BCUT2D eigenvalue weighted by atomic mass is 19.1. The summed E-state index contributed by atoms with van der Waals surface area (Å²) in [6, 6.07) is 6.34. The number of hydrogen-bond donors (Lipinski definition) is 1. The molecule has 0 spiro atoms. The Morgan fingerprint density at radius 2 is 2.06 bits per heavy atom. The molecule has 3 nitrogen and oxygen atoms in total. The molecular formula is C12H16FNO2. The number of carbonyl (C=O) groups excluding carboxylic acids is 1. The lowest BCUT2D eigenvalue weighted by atomic mass is 9.94. The summed E-state index contributed by atoms with van der Waals surface area (Å²) in [6.07, 6.45) is -0.546. The number of halogens is 1. The second-order valence-corrected chi connectivity index (χ2v) is 3.95. The Balaban J connectivity index is 2.85. The Morgan fingerprint density at radius 1 is 1.44 bits per heavy atom. The molecule has 0 unspecified atom stereocenters. The number of hydrogen-bond acceptors (Lipinski definition) is 2. The molecule has 1 rings (SSSR count). The lowest BCUT2D eigenvalue weighted by molar-refractivity contribution is 0.141. The average molecular weight is 225 g/mol. The molecule has 4 heteroatoms. The summed E-state index contributed by atoms with van der Waals surface area (Å²) in [5, 5.41) is 2.61. The molecule has 0 heterocycles. The van der Waals surface area contributed by atoms with E-state index in [1.54, 1.807) is 39.0 Å². The van der Waals surface area contributed by atoms with Crippen LogP contribution in [0, 0.1) is 5.82 Å². The largest absolute Gasteiger partial charge is 0.450 e. The van der Waals surface area contributed by atoms with Crippen LogP contribution in [0.3, 0.4) is 0 Å². The van der Waals surface area contributed by atoms with Crippen LogP contribution in [0.2, 0.25) is 0 Å². The predicted octanol–water partition coefficient (Wildman–Crippen LogP) is 2.81. The van der Waals surface area contributed by atoms with Crippen molar-refractivity contribution in [2.24, 2.45) is 0 Å². The summed E-state index contributed by atoms with van der Waals surface area (Å²) < 4.78 is 18.3. The quantitative estimate of drug-likeness (QED) is 0.859. The molecule has 0 aliphatic carbocycles. The number of ether oxygens (including phenoxy) is 1.